The summed E-state index contributed by atoms with van der Waals surface area (Å²) < 4.78 is 5.63. The number of benzene rings is 2. The van der Waals surface area contributed by atoms with Gasteiger partial charge in [-0.2, -0.15) is 0 Å². The van der Waals surface area contributed by atoms with Crippen molar-refractivity contribution in [2.75, 3.05) is 13.2 Å². The molecular formula is C28H34N2O4. The van der Waals surface area contributed by atoms with Gasteiger partial charge in [-0.05, 0) is 54.4 Å². The maximum Gasteiger partial charge on any atom is 0.411 e. The highest BCUT2D eigenvalue weighted by atomic mass is 16.5. The molecule has 4 rings (SSSR count). The smallest absolute Gasteiger partial charge is 0.411 e. The minimum absolute atomic E-state index is 0.000708. The Hall–Kier alpha value is -3.28. The molecule has 1 atom stereocenters. The van der Waals surface area contributed by atoms with Crippen LogP contribution in [0.25, 0.3) is 11.1 Å². The molecule has 0 aliphatic heterocycles. The number of aliphatic carboxylic acids is 1. The van der Waals surface area contributed by atoms with E-state index in [1.807, 2.05) is 29.2 Å². The Morgan fingerprint density at radius 3 is 2.29 bits per heavy atom. The molecular weight excluding hydrogens is 428 g/mol. The third-order valence-corrected chi connectivity index (χ3v) is 6.68. The maximum atomic E-state index is 12.6. The summed E-state index contributed by atoms with van der Waals surface area (Å²) in [7, 11) is 0. The van der Waals surface area contributed by atoms with Crippen LogP contribution in [0.4, 0.5) is 4.79 Å². The molecule has 0 aromatic heterocycles. The number of carboxylic acid groups (broad SMARTS) is 1. The molecule has 0 radical (unpaired) electrons. The van der Waals surface area contributed by atoms with Crippen LogP contribution in [0.3, 0.4) is 0 Å². The summed E-state index contributed by atoms with van der Waals surface area (Å²) in [5, 5.41) is 12.6. The van der Waals surface area contributed by atoms with E-state index in [0.717, 1.165) is 25.7 Å². The van der Waals surface area contributed by atoms with Crippen molar-refractivity contribution in [3.8, 4) is 11.1 Å². The molecule has 180 valence electrons. The maximum absolute atomic E-state index is 12.6. The zero-order chi connectivity index (χ0) is 24.1. The highest BCUT2D eigenvalue weighted by molar-refractivity contribution is 5.79. The van der Waals surface area contributed by atoms with E-state index in [0.29, 0.717) is 24.6 Å². The SMILES string of the molecule is CCCC[C@@H](C(=O)O)N(/C=C(\C)NC(=O)OCC1c2ccccc2-c2ccccc21)CC1CC1. The molecule has 2 aromatic rings. The molecule has 0 heterocycles. The normalized spacial score (nSPS) is 15.9. The third kappa shape index (κ3) is 5.61. The minimum atomic E-state index is -0.820. The quantitative estimate of drug-likeness (QED) is 0.445. The molecule has 2 N–H and O–H groups in total. The number of hydrogen-bond acceptors (Lipinski definition) is 4. The lowest BCUT2D eigenvalue weighted by Crippen LogP contribution is -2.40. The lowest BCUT2D eigenvalue weighted by atomic mass is 9.98. The Morgan fingerprint density at radius 1 is 1.12 bits per heavy atom. The molecule has 1 saturated carbocycles. The first kappa shape index (κ1) is 23.9. The van der Waals surface area contributed by atoms with Gasteiger partial charge in [-0.15, -0.1) is 0 Å². The Balaban J connectivity index is 1.40. The van der Waals surface area contributed by atoms with Crippen molar-refractivity contribution in [3.05, 3.63) is 71.6 Å². The molecule has 1 fully saturated rings. The second-order valence-corrected chi connectivity index (χ2v) is 9.40. The molecule has 0 unspecified atom stereocenters. The van der Waals surface area contributed by atoms with Crippen molar-refractivity contribution in [1.29, 1.82) is 0 Å². The molecule has 6 nitrogen and oxygen atoms in total. The summed E-state index contributed by atoms with van der Waals surface area (Å²) in [6.45, 7) is 4.78. The van der Waals surface area contributed by atoms with Gasteiger partial charge < -0.3 is 14.7 Å². The van der Waals surface area contributed by atoms with E-state index in [2.05, 4.69) is 36.5 Å². The van der Waals surface area contributed by atoms with Gasteiger partial charge in [0.25, 0.3) is 0 Å². The van der Waals surface area contributed by atoms with Crippen molar-refractivity contribution >= 4 is 12.1 Å². The summed E-state index contributed by atoms with van der Waals surface area (Å²) in [6.07, 6.45) is 5.89. The fourth-order valence-corrected chi connectivity index (χ4v) is 4.77. The number of alkyl carbamates (subject to hydrolysis) is 1. The van der Waals surface area contributed by atoms with Crippen molar-refractivity contribution in [3.63, 3.8) is 0 Å². The van der Waals surface area contributed by atoms with Crippen LogP contribution in [0.2, 0.25) is 0 Å². The van der Waals surface area contributed by atoms with E-state index in [1.54, 1.807) is 13.1 Å². The molecule has 0 saturated heterocycles. The van der Waals surface area contributed by atoms with Gasteiger partial charge in [0.05, 0.1) is 0 Å². The number of amides is 1. The number of rotatable bonds is 11. The first-order valence-electron chi connectivity index (χ1n) is 12.3. The monoisotopic (exact) mass is 462 g/mol. The van der Waals surface area contributed by atoms with Crippen LogP contribution < -0.4 is 5.32 Å². The fraction of sp³-hybridized carbons (Fsp3) is 0.429. The van der Waals surface area contributed by atoms with Gasteiger partial charge in [0.2, 0.25) is 0 Å². The van der Waals surface area contributed by atoms with Gasteiger partial charge in [0.1, 0.15) is 12.6 Å². The van der Waals surface area contributed by atoms with Gasteiger partial charge in [0, 0.05) is 24.4 Å². The van der Waals surface area contributed by atoms with Crippen LogP contribution in [0, 0.1) is 5.92 Å². The van der Waals surface area contributed by atoms with Crippen LogP contribution in [-0.4, -0.2) is 41.3 Å². The first-order valence-corrected chi connectivity index (χ1v) is 12.3. The summed E-state index contributed by atoms with van der Waals surface area (Å²) in [4.78, 5) is 26.4. The Kier molecular flexibility index (Phi) is 7.56. The summed E-state index contributed by atoms with van der Waals surface area (Å²) >= 11 is 0. The molecule has 2 aliphatic carbocycles. The van der Waals surface area contributed by atoms with Crippen molar-refractivity contribution in [2.24, 2.45) is 5.92 Å². The number of nitrogens with one attached hydrogen (secondary N) is 1. The molecule has 6 heteroatoms. The van der Waals surface area contributed by atoms with E-state index in [1.165, 1.54) is 22.3 Å². The highest BCUT2D eigenvalue weighted by Crippen LogP contribution is 2.44. The number of ether oxygens (including phenoxy) is 1. The predicted molar refractivity (Wildman–Crippen MR) is 132 cm³/mol. The van der Waals surface area contributed by atoms with Crippen molar-refractivity contribution in [1.82, 2.24) is 10.2 Å². The van der Waals surface area contributed by atoms with Crippen LogP contribution in [0.5, 0.6) is 0 Å². The molecule has 0 bridgehead atoms. The molecule has 34 heavy (non-hydrogen) atoms. The number of fused-ring (bicyclic) bond motifs is 3. The molecule has 2 aliphatic rings. The summed E-state index contributed by atoms with van der Waals surface area (Å²) in [5.74, 6) is -0.291. The molecule has 1 amide bonds. The van der Waals surface area contributed by atoms with Crippen molar-refractivity contribution in [2.45, 2.75) is 57.9 Å². The lowest BCUT2D eigenvalue weighted by Gasteiger charge is -2.28. The number of hydrogen-bond donors (Lipinski definition) is 2. The first-order chi connectivity index (χ1) is 16.5. The zero-order valence-electron chi connectivity index (χ0n) is 20.0. The number of carbonyl (C=O) groups excluding carboxylic acids is 1. The summed E-state index contributed by atoms with van der Waals surface area (Å²) in [5.41, 5.74) is 5.29. The number of unbranched alkanes of at least 4 members (excludes halogenated alkanes) is 1. The lowest BCUT2D eigenvalue weighted by molar-refractivity contribution is -0.142. The predicted octanol–water partition coefficient (Wildman–Crippen LogP) is 5.74. The standard InChI is InChI=1S/C28H34N2O4/c1-3-4-13-26(27(31)32)30(17-20-14-15-20)16-19(2)29-28(33)34-18-25-23-11-7-5-9-21(23)22-10-6-8-12-24(22)25/h5-12,16,20,25-26H,3-4,13-15,17-18H2,1-2H3,(H,29,33)(H,31,32)/b19-16+/t26-/m0/s1. The van der Waals surface area contributed by atoms with E-state index in [9.17, 15) is 14.7 Å². The second-order valence-electron chi connectivity index (χ2n) is 9.40. The van der Waals surface area contributed by atoms with E-state index in [4.69, 9.17) is 4.74 Å². The average Bonchev–Trinajstić information content (AvgIpc) is 3.58. The average molecular weight is 463 g/mol. The highest BCUT2D eigenvalue weighted by Gasteiger charge is 2.31. The molecule has 0 spiro atoms. The Morgan fingerprint density at radius 2 is 1.74 bits per heavy atom. The number of nitrogens with zero attached hydrogens (tertiary/aromatic N) is 1. The molecule has 2 aromatic carbocycles. The Labute approximate surface area is 201 Å². The van der Waals surface area contributed by atoms with Crippen LogP contribution in [0.1, 0.15) is 63.0 Å². The Bertz CT molecular complexity index is 1010. The van der Waals surface area contributed by atoms with Crippen molar-refractivity contribution < 1.29 is 19.4 Å². The van der Waals surface area contributed by atoms with Gasteiger partial charge in [-0.3, -0.25) is 5.32 Å². The van der Waals surface area contributed by atoms with Crippen LogP contribution in [-0.2, 0) is 9.53 Å². The van der Waals surface area contributed by atoms with Gasteiger partial charge >= 0.3 is 12.1 Å². The number of allylic oxidation sites excluding steroid dienone is 1. The van der Waals surface area contributed by atoms with Gasteiger partial charge in [0.15, 0.2) is 0 Å². The van der Waals surface area contributed by atoms with E-state index < -0.39 is 18.1 Å². The summed E-state index contributed by atoms with van der Waals surface area (Å²) in [6, 6.07) is 15.9. The van der Waals surface area contributed by atoms with Crippen LogP contribution in [0.15, 0.2) is 60.4 Å². The second kappa shape index (κ2) is 10.8. The van der Waals surface area contributed by atoms with E-state index in [-0.39, 0.29) is 12.5 Å². The largest absolute Gasteiger partial charge is 0.480 e. The number of carbonyl (C=O) groups is 2. The van der Waals surface area contributed by atoms with Gasteiger partial charge in [-0.25, -0.2) is 9.59 Å². The zero-order valence-corrected chi connectivity index (χ0v) is 20.0. The van der Waals surface area contributed by atoms with Gasteiger partial charge in [-0.1, -0.05) is 68.3 Å². The number of carboxylic acids is 1. The minimum Gasteiger partial charge on any atom is -0.480 e. The topological polar surface area (TPSA) is 78.9 Å². The fourth-order valence-electron chi connectivity index (χ4n) is 4.77. The van der Waals surface area contributed by atoms with E-state index >= 15 is 0 Å². The van der Waals surface area contributed by atoms with Crippen LogP contribution >= 0.6 is 0 Å². The third-order valence-electron chi connectivity index (χ3n) is 6.68.